The minimum Gasteiger partial charge on any atom is -0.305 e. The second-order valence-corrected chi connectivity index (χ2v) is 3.96. The molecule has 0 spiro atoms. The third-order valence-corrected chi connectivity index (χ3v) is 2.65. The van der Waals surface area contributed by atoms with Crippen molar-refractivity contribution < 1.29 is 4.79 Å². The second-order valence-electron chi connectivity index (χ2n) is 3.13. The van der Waals surface area contributed by atoms with E-state index < -0.39 is 0 Å². The summed E-state index contributed by atoms with van der Waals surface area (Å²) in [6.45, 7) is 0. The summed E-state index contributed by atoms with van der Waals surface area (Å²) in [4.78, 5) is 23.8. The van der Waals surface area contributed by atoms with Crippen LogP contribution < -0.4 is 5.32 Å². The maximum Gasteiger partial charge on any atom is 0.257 e. The monoisotopic (exact) mass is 246 g/mol. The molecule has 0 radical (unpaired) electrons. The van der Waals surface area contributed by atoms with Gasteiger partial charge in [-0.1, -0.05) is 0 Å². The molecule has 5 nitrogen and oxygen atoms in total. The molecule has 0 saturated heterocycles. The topological polar surface area (TPSA) is 67.8 Å². The summed E-state index contributed by atoms with van der Waals surface area (Å²) in [5.74, 6) is 0.211. The lowest BCUT2D eigenvalue weighted by molar-refractivity contribution is 0.102. The lowest BCUT2D eigenvalue weighted by atomic mass is 10.2. The summed E-state index contributed by atoms with van der Waals surface area (Å²) in [6, 6.07) is 3.39. The van der Waals surface area contributed by atoms with Crippen LogP contribution >= 0.6 is 11.8 Å². The van der Waals surface area contributed by atoms with Gasteiger partial charge in [-0.15, -0.1) is 11.8 Å². The summed E-state index contributed by atoms with van der Waals surface area (Å²) < 4.78 is 0. The quantitative estimate of drug-likeness (QED) is 0.837. The number of amides is 1. The molecule has 0 atom stereocenters. The smallest absolute Gasteiger partial charge is 0.257 e. The Hall–Kier alpha value is -1.95. The Morgan fingerprint density at radius 2 is 2.18 bits per heavy atom. The number of pyridine rings is 1. The fraction of sp³-hybridized carbons (Fsp3) is 0.0909. The molecular weight excluding hydrogens is 236 g/mol. The molecule has 17 heavy (non-hydrogen) atoms. The van der Waals surface area contributed by atoms with Crippen LogP contribution in [0.25, 0.3) is 0 Å². The van der Waals surface area contributed by atoms with Gasteiger partial charge in [0.2, 0.25) is 0 Å². The standard InChI is InChI=1S/C11H10N4OS/c1-17-10-6-8(2-3-14-10)11(16)15-9-7-12-4-5-13-9/h2-7H,1H3,(H,13,15,16). The van der Waals surface area contributed by atoms with Gasteiger partial charge in [0.15, 0.2) is 5.82 Å². The van der Waals surface area contributed by atoms with Crippen molar-refractivity contribution in [2.75, 3.05) is 11.6 Å². The Kier molecular flexibility index (Phi) is 3.66. The number of rotatable bonds is 3. The average Bonchev–Trinajstić information content (AvgIpc) is 2.40. The molecule has 0 bridgehead atoms. The summed E-state index contributed by atoms with van der Waals surface area (Å²) in [7, 11) is 0. The van der Waals surface area contributed by atoms with Crippen LogP contribution in [0.3, 0.4) is 0 Å². The minimum atomic E-state index is -0.219. The second kappa shape index (κ2) is 5.40. The predicted molar refractivity (Wildman–Crippen MR) is 66.0 cm³/mol. The van der Waals surface area contributed by atoms with E-state index in [1.807, 2.05) is 6.26 Å². The predicted octanol–water partition coefficient (Wildman–Crippen LogP) is 1.85. The first kappa shape index (κ1) is 11.5. The number of nitrogens with zero attached hydrogens (tertiary/aromatic N) is 3. The van der Waals surface area contributed by atoms with Crippen molar-refractivity contribution >= 4 is 23.5 Å². The third-order valence-electron chi connectivity index (χ3n) is 2.01. The van der Waals surface area contributed by atoms with Crippen LogP contribution in [-0.2, 0) is 0 Å². The van der Waals surface area contributed by atoms with Gasteiger partial charge >= 0.3 is 0 Å². The Labute approximate surface area is 103 Å². The molecule has 2 aromatic rings. The van der Waals surface area contributed by atoms with E-state index >= 15 is 0 Å². The molecule has 0 aliphatic heterocycles. The van der Waals surface area contributed by atoms with E-state index in [9.17, 15) is 4.79 Å². The molecule has 2 heterocycles. The van der Waals surface area contributed by atoms with Crippen LogP contribution in [0.1, 0.15) is 10.4 Å². The van der Waals surface area contributed by atoms with E-state index in [4.69, 9.17) is 0 Å². The number of carbonyl (C=O) groups excluding carboxylic acids is 1. The Balaban J connectivity index is 2.14. The van der Waals surface area contributed by atoms with E-state index in [0.29, 0.717) is 11.4 Å². The Bertz CT molecular complexity index is 518. The molecule has 0 aromatic carbocycles. The zero-order chi connectivity index (χ0) is 12.1. The van der Waals surface area contributed by atoms with Crippen LogP contribution in [0, 0.1) is 0 Å². The number of carbonyl (C=O) groups is 1. The number of anilines is 1. The first-order chi connectivity index (χ1) is 8.29. The summed E-state index contributed by atoms with van der Waals surface area (Å²) in [6.07, 6.45) is 8.09. The van der Waals surface area contributed by atoms with Gasteiger partial charge in [0.05, 0.1) is 11.2 Å². The van der Waals surface area contributed by atoms with Crippen LogP contribution in [0.5, 0.6) is 0 Å². The zero-order valence-corrected chi connectivity index (χ0v) is 9.94. The van der Waals surface area contributed by atoms with Gasteiger partial charge in [-0.3, -0.25) is 9.78 Å². The van der Waals surface area contributed by atoms with Crippen LogP contribution in [0.15, 0.2) is 41.9 Å². The third kappa shape index (κ3) is 3.01. The van der Waals surface area contributed by atoms with Gasteiger partial charge in [0.25, 0.3) is 5.91 Å². The number of aromatic nitrogens is 3. The number of thioether (sulfide) groups is 1. The van der Waals surface area contributed by atoms with Gasteiger partial charge < -0.3 is 5.32 Å². The van der Waals surface area contributed by atoms with E-state index in [1.165, 1.54) is 24.2 Å². The van der Waals surface area contributed by atoms with Crippen LogP contribution in [-0.4, -0.2) is 27.1 Å². The van der Waals surface area contributed by atoms with Crippen LogP contribution in [0.4, 0.5) is 5.82 Å². The van der Waals surface area contributed by atoms with E-state index in [2.05, 4.69) is 20.3 Å². The molecule has 0 unspecified atom stereocenters. The molecule has 0 aliphatic carbocycles. The molecule has 2 rings (SSSR count). The summed E-state index contributed by atoms with van der Waals surface area (Å²) in [5, 5.41) is 3.46. The van der Waals surface area contributed by atoms with Gasteiger partial charge in [0, 0.05) is 24.2 Å². The number of hydrogen-bond donors (Lipinski definition) is 1. The minimum absolute atomic E-state index is 0.219. The molecule has 2 aromatic heterocycles. The first-order valence-corrected chi connectivity index (χ1v) is 6.09. The highest BCUT2D eigenvalue weighted by Crippen LogP contribution is 2.13. The van der Waals surface area contributed by atoms with Crippen molar-refractivity contribution in [1.29, 1.82) is 0 Å². The Morgan fingerprint density at radius 1 is 1.29 bits per heavy atom. The molecule has 6 heteroatoms. The van der Waals surface area contributed by atoms with Gasteiger partial charge in [-0.2, -0.15) is 0 Å². The molecule has 0 fully saturated rings. The number of nitrogens with one attached hydrogen (secondary N) is 1. The molecule has 0 saturated carbocycles. The highest BCUT2D eigenvalue weighted by atomic mass is 32.2. The van der Waals surface area contributed by atoms with Crippen LogP contribution in [0.2, 0.25) is 0 Å². The van der Waals surface area contributed by atoms with Crippen molar-refractivity contribution in [3.63, 3.8) is 0 Å². The highest BCUT2D eigenvalue weighted by molar-refractivity contribution is 7.98. The van der Waals surface area contributed by atoms with Gasteiger partial charge in [0.1, 0.15) is 0 Å². The van der Waals surface area contributed by atoms with Crippen molar-refractivity contribution in [1.82, 2.24) is 15.0 Å². The van der Waals surface area contributed by atoms with E-state index in [1.54, 1.807) is 24.5 Å². The van der Waals surface area contributed by atoms with E-state index in [-0.39, 0.29) is 5.91 Å². The Morgan fingerprint density at radius 3 is 2.88 bits per heavy atom. The normalized spacial score (nSPS) is 9.94. The molecular formula is C11H10N4OS. The SMILES string of the molecule is CSc1cc(C(=O)Nc2cnccn2)ccn1. The average molecular weight is 246 g/mol. The fourth-order valence-corrected chi connectivity index (χ4v) is 1.63. The largest absolute Gasteiger partial charge is 0.305 e. The van der Waals surface area contributed by atoms with Crippen molar-refractivity contribution in [3.05, 3.63) is 42.5 Å². The fourth-order valence-electron chi connectivity index (χ4n) is 1.21. The first-order valence-electron chi connectivity index (χ1n) is 4.87. The van der Waals surface area contributed by atoms with Gasteiger partial charge in [-0.25, -0.2) is 9.97 Å². The molecule has 1 N–H and O–H groups in total. The highest BCUT2D eigenvalue weighted by Gasteiger charge is 2.07. The van der Waals surface area contributed by atoms with Crippen molar-refractivity contribution in [3.8, 4) is 0 Å². The number of hydrogen-bond acceptors (Lipinski definition) is 5. The van der Waals surface area contributed by atoms with Crippen molar-refractivity contribution in [2.24, 2.45) is 0 Å². The maximum atomic E-state index is 11.9. The molecule has 1 amide bonds. The lowest BCUT2D eigenvalue weighted by Gasteiger charge is -2.04. The lowest BCUT2D eigenvalue weighted by Crippen LogP contribution is -2.13. The van der Waals surface area contributed by atoms with Gasteiger partial charge in [-0.05, 0) is 18.4 Å². The summed E-state index contributed by atoms with van der Waals surface area (Å²) in [5.41, 5.74) is 0.551. The molecule has 86 valence electrons. The maximum absolute atomic E-state index is 11.9. The summed E-state index contributed by atoms with van der Waals surface area (Å²) >= 11 is 1.49. The molecule has 0 aliphatic rings. The zero-order valence-electron chi connectivity index (χ0n) is 9.12. The van der Waals surface area contributed by atoms with E-state index in [0.717, 1.165) is 5.03 Å². The van der Waals surface area contributed by atoms with Crippen molar-refractivity contribution in [2.45, 2.75) is 5.03 Å².